The molecule has 0 aromatic heterocycles. The number of fused-ring (bicyclic) bond motifs is 2. The van der Waals surface area contributed by atoms with Gasteiger partial charge in [0.2, 0.25) is 0 Å². The smallest absolute Gasteiger partial charge is 0.254 e. The molecule has 22 heavy (non-hydrogen) atoms. The number of ether oxygens (including phenoxy) is 2. The standard InChI is InChI=1S/C17H23NO3S/c1-20-14-6-11(7-15(10-14)21-2)17(19)18-12-4-5-13(18)9-16(8-12)22-3/h6-7,10,12-13,16H,4-5,8-9H2,1-3H3. The van der Waals surface area contributed by atoms with E-state index in [1.807, 2.05) is 23.9 Å². The van der Waals surface area contributed by atoms with Crippen LogP contribution in [-0.2, 0) is 0 Å². The van der Waals surface area contributed by atoms with Crippen LogP contribution < -0.4 is 9.47 Å². The van der Waals surface area contributed by atoms with Crippen molar-refractivity contribution in [3.8, 4) is 11.5 Å². The zero-order valence-corrected chi connectivity index (χ0v) is 14.2. The first-order valence-electron chi connectivity index (χ1n) is 7.74. The number of carbonyl (C=O) groups is 1. The molecule has 1 aromatic rings. The summed E-state index contributed by atoms with van der Waals surface area (Å²) in [6.07, 6.45) is 6.67. The molecule has 2 unspecified atom stereocenters. The minimum absolute atomic E-state index is 0.115. The Hall–Kier alpha value is -1.36. The Morgan fingerprint density at radius 3 is 2.09 bits per heavy atom. The number of amides is 1. The van der Waals surface area contributed by atoms with Crippen molar-refractivity contribution in [3.05, 3.63) is 23.8 Å². The van der Waals surface area contributed by atoms with Crippen molar-refractivity contribution < 1.29 is 14.3 Å². The highest BCUT2D eigenvalue weighted by atomic mass is 32.2. The highest BCUT2D eigenvalue weighted by Gasteiger charge is 2.43. The predicted octanol–water partition coefficient (Wildman–Crippen LogP) is 3.20. The van der Waals surface area contributed by atoms with Gasteiger partial charge in [-0.05, 0) is 44.1 Å². The number of benzene rings is 1. The summed E-state index contributed by atoms with van der Waals surface area (Å²) in [7, 11) is 3.22. The summed E-state index contributed by atoms with van der Waals surface area (Å²) in [6, 6.07) is 6.20. The van der Waals surface area contributed by atoms with E-state index in [1.165, 1.54) is 0 Å². The third-order valence-electron chi connectivity index (χ3n) is 4.86. The van der Waals surface area contributed by atoms with Crippen LogP contribution in [0.5, 0.6) is 11.5 Å². The van der Waals surface area contributed by atoms with Gasteiger partial charge < -0.3 is 14.4 Å². The van der Waals surface area contributed by atoms with Crippen molar-refractivity contribution in [1.29, 1.82) is 0 Å². The van der Waals surface area contributed by atoms with Crippen molar-refractivity contribution in [2.45, 2.75) is 43.0 Å². The fourth-order valence-electron chi connectivity index (χ4n) is 3.73. The zero-order valence-electron chi connectivity index (χ0n) is 13.4. The summed E-state index contributed by atoms with van der Waals surface area (Å²) >= 11 is 1.94. The molecule has 2 aliphatic heterocycles. The van der Waals surface area contributed by atoms with Crippen LogP contribution in [0.15, 0.2) is 18.2 Å². The lowest BCUT2D eigenvalue weighted by Gasteiger charge is -2.38. The molecule has 1 amide bonds. The van der Waals surface area contributed by atoms with E-state index >= 15 is 0 Å². The number of piperidine rings is 1. The molecular formula is C17H23NO3S. The van der Waals surface area contributed by atoms with Crippen molar-refractivity contribution >= 4 is 17.7 Å². The quantitative estimate of drug-likeness (QED) is 0.853. The van der Waals surface area contributed by atoms with Gasteiger partial charge in [-0.1, -0.05) is 0 Å². The van der Waals surface area contributed by atoms with Crippen LogP contribution in [-0.4, -0.2) is 48.6 Å². The van der Waals surface area contributed by atoms with E-state index < -0.39 is 0 Å². The molecule has 5 heteroatoms. The average molecular weight is 321 g/mol. The van der Waals surface area contributed by atoms with Gasteiger partial charge >= 0.3 is 0 Å². The fourth-order valence-corrected chi connectivity index (χ4v) is 4.56. The van der Waals surface area contributed by atoms with E-state index in [1.54, 1.807) is 20.3 Å². The average Bonchev–Trinajstić information content (AvgIpc) is 2.83. The molecule has 0 N–H and O–H groups in total. The van der Waals surface area contributed by atoms with Gasteiger partial charge in [-0.25, -0.2) is 0 Å². The van der Waals surface area contributed by atoms with E-state index in [9.17, 15) is 4.79 Å². The summed E-state index contributed by atoms with van der Waals surface area (Å²) in [5, 5.41) is 0.696. The van der Waals surface area contributed by atoms with Crippen molar-refractivity contribution in [1.82, 2.24) is 4.90 Å². The first-order valence-corrected chi connectivity index (χ1v) is 9.03. The summed E-state index contributed by atoms with van der Waals surface area (Å²) < 4.78 is 10.6. The molecule has 2 atom stereocenters. The third-order valence-corrected chi connectivity index (χ3v) is 5.91. The summed E-state index contributed by atoms with van der Waals surface area (Å²) in [5.41, 5.74) is 0.663. The maximum Gasteiger partial charge on any atom is 0.254 e. The SMILES string of the molecule is COc1cc(OC)cc(C(=O)N2C3CCC2CC(SC)C3)c1. The molecule has 0 saturated carbocycles. The molecule has 2 saturated heterocycles. The van der Waals surface area contributed by atoms with Crippen LogP contribution in [0.2, 0.25) is 0 Å². The van der Waals surface area contributed by atoms with Gasteiger partial charge in [-0.15, -0.1) is 0 Å². The highest BCUT2D eigenvalue weighted by Crippen LogP contribution is 2.40. The Kier molecular flexibility index (Phi) is 4.52. The number of thioether (sulfide) groups is 1. The van der Waals surface area contributed by atoms with Crippen molar-refractivity contribution in [2.24, 2.45) is 0 Å². The second-order valence-corrected chi connectivity index (χ2v) is 7.17. The first kappa shape index (κ1) is 15.5. The fraction of sp³-hybridized carbons (Fsp3) is 0.588. The second kappa shape index (κ2) is 6.41. The molecule has 1 aromatic carbocycles. The zero-order chi connectivity index (χ0) is 15.7. The molecule has 3 rings (SSSR count). The van der Waals surface area contributed by atoms with Crippen LogP contribution in [0.3, 0.4) is 0 Å². The molecule has 0 radical (unpaired) electrons. The number of nitrogens with zero attached hydrogens (tertiary/aromatic N) is 1. The van der Waals surface area contributed by atoms with Gasteiger partial charge in [0, 0.05) is 29.0 Å². The molecule has 0 spiro atoms. The molecule has 2 bridgehead atoms. The van der Waals surface area contributed by atoms with Crippen LogP contribution in [0.4, 0.5) is 0 Å². The van der Waals surface area contributed by atoms with E-state index in [2.05, 4.69) is 11.2 Å². The van der Waals surface area contributed by atoms with E-state index in [-0.39, 0.29) is 5.91 Å². The normalized spacial score (nSPS) is 26.9. The number of rotatable bonds is 4. The molecule has 120 valence electrons. The molecule has 2 heterocycles. The Bertz CT molecular complexity index is 527. The van der Waals surface area contributed by atoms with E-state index in [4.69, 9.17) is 9.47 Å². The predicted molar refractivity (Wildman–Crippen MR) is 89.1 cm³/mol. The molecule has 0 aliphatic carbocycles. The maximum atomic E-state index is 13.0. The highest BCUT2D eigenvalue weighted by molar-refractivity contribution is 7.99. The molecule has 2 aliphatic rings. The Morgan fingerprint density at radius 2 is 1.64 bits per heavy atom. The topological polar surface area (TPSA) is 38.8 Å². The van der Waals surface area contributed by atoms with Crippen molar-refractivity contribution in [3.63, 3.8) is 0 Å². The minimum Gasteiger partial charge on any atom is -0.497 e. The van der Waals surface area contributed by atoms with Gasteiger partial charge in [0.1, 0.15) is 11.5 Å². The largest absolute Gasteiger partial charge is 0.497 e. The number of carbonyl (C=O) groups excluding carboxylic acids is 1. The van der Waals surface area contributed by atoms with Crippen LogP contribution >= 0.6 is 11.8 Å². The summed E-state index contributed by atoms with van der Waals surface area (Å²) in [4.78, 5) is 15.1. The Morgan fingerprint density at radius 1 is 1.09 bits per heavy atom. The lowest BCUT2D eigenvalue weighted by molar-refractivity contribution is 0.0601. The van der Waals surface area contributed by atoms with Crippen LogP contribution in [0.25, 0.3) is 0 Å². The van der Waals surface area contributed by atoms with E-state index in [0.29, 0.717) is 34.4 Å². The summed E-state index contributed by atoms with van der Waals surface area (Å²) in [6.45, 7) is 0. The third kappa shape index (κ3) is 2.78. The maximum absolute atomic E-state index is 13.0. The van der Waals surface area contributed by atoms with Gasteiger partial charge in [-0.3, -0.25) is 4.79 Å². The van der Waals surface area contributed by atoms with Gasteiger partial charge in [0.15, 0.2) is 0 Å². The minimum atomic E-state index is 0.115. The second-order valence-electron chi connectivity index (χ2n) is 6.03. The van der Waals surface area contributed by atoms with Gasteiger partial charge in [-0.2, -0.15) is 11.8 Å². The Labute approximate surface area is 136 Å². The van der Waals surface area contributed by atoms with Gasteiger partial charge in [0.25, 0.3) is 5.91 Å². The molecule has 4 nitrogen and oxygen atoms in total. The van der Waals surface area contributed by atoms with Crippen molar-refractivity contribution in [2.75, 3.05) is 20.5 Å². The number of hydrogen-bond acceptors (Lipinski definition) is 4. The molecular weight excluding hydrogens is 298 g/mol. The summed E-state index contributed by atoms with van der Waals surface area (Å²) in [5.74, 6) is 1.44. The lowest BCUT2D eigenvalue weighted by Crippen LogP contribution is -2.47. The number of hydrogen-bond donors (Lipinski definition) is 0. The van der Waals surface area contributed by atoms with Crippen LogP contribution in [0.1, 0.15) is 36.0 Å². The molecule has 2 fully saturated rings. The monoisotopic (exact) mass is 321 g/mol. The Balaban J connectivity index is 1.85. The lowest BCUT2D eigenvalue weighted by atomic mass is 10.0. The number of methoxy groups -OCH3 is 2. The van der Waals surface area contributed by atoms with Gasteiger partial charge in [0.05, 0.1) is 14.2 Å². The first-order chi connectivity index (χ1) is 10.7. The van der Waals surface area contributed by atoms with E-state index in [0.717, 1.165) is 25.7 Å². The van der Waals surface area contributed by atoms with Crippen LogP contribution in [0, 0.1) is 0 Å².